The largest absolute Gasteiger partial charge is 0.298 e. The van der Waals surface area contributed by atoms with Crippen LogP contribution in [0.1, 0.15) is 170 Å². The van der Waals surface area contributed by atoms with Crippen LogP contribution in [0.25, 0.3) is 0 Å². The lowest BCUT2D eigenvalue weighted by molar-refractivity contribution is 0.0388. The fraction of sp³-hybridized carbons (Fsp3) is 1.00. The fourth-order valence-electron chi connectivity index (χ4n) is 7.13. The van der Waals surface area contributed by atoms with Crippen molar-refractivity contribution in [2.24, 2.45) is 45.3 Å². The quantitative estimate of drug-likeness (QED) is 0.283. The second kappa shape index (κ2) is 14.3. The number of hydrogen-bond acceptors (Lipinski definition) is 2. The summed E-state index contributed by atoms with van der Waals surface area (Å²) in [5.41, 5.74) is 2.71. The van der Waals surface area contributed by atoms with E-state index >= 15 is 0 Å². The molecule has 0 amide bonds. The van der Waals surface area contributed by atoms with Crippen molar-refractivity contribution in [3.63, 3.8) is 0 Å². The molecule has 0 radical (unpaired) electrons. The lowest BCUT2D eigenvalue weighted by atomic mass is 9.63. The van der Waals surface area contributed by atoms with Crippen molar-refractivity contribution >= 4 is 0 Å². The average molecular weight is 577 g/mol. The van der Waals surface area contributed by atoms with Crippen LogP contribution in [-0.2, 0) is 0 Å². The monoisotopic (exact) mass is 577 g/mol. The maximum atomic E-state index is 2.65. The molecule has 0 aromatic carbocycles. The van der Waals surface area contributed by atoms with E-state index in [0.29, 0.717) is 32.7 Å². The first kappa shape index (κ1) is 38.9. The topological polar surface area (TPSA) is 6.48 Å². The Kier molecular flexibility index (Phi) is 13.6. The molecule has 2 nitrogen and oxygen atoms in total. The number of nitrogens with zero attached hydrogens (tertiary/aromatic N) is 2. The van der Waals surface area contributed by atoms with Gasteiger partial charge in [0.1, 0.15) is 0 Å². The van der Waals surface area contributed by atoms with Crippen molar-refractivity contribution in [3.8, 4) is 0 Å². The lowest BCUT2D eigenvalue weighted by Gasteiger charge is -2.45. The Morgan fingerprint density at radius 3 is 0.976 bits per heavy atom. The summed E-state index contributed by atoms with van der Waals surface area (Å²) in [6.07, 6.45) is 9.97. The standard InChI is InChI=1S/C14H28.C13H27N.C12H25N/c1-13(2,3)11-8-7-9-12(10-11)14(4,5)6;1-12(2,3)11-8-7-9-14(10-11)13(4,5)6;1-11(2,3)10-7-8-13(9-10)12(4,5)6/h11-12H,7-10H2,1-6H3;11H,7-10H2,1-6H3;10H,7-9H2,1-6H3. The minimum Gasteiger partial charge on any atom is -0.298 e. The van der Waals surface area contributed by atoms with E-state index in [2.05, 4.69) is 134 Å². The number of rotatable bonds is 0. The van der Waals surface area contributed by atoms with Gasteiger partial charge in [0.15, 0.2) is 0 Å². The van der Waals surface area contributed by atoms with E-state index in [-0.39, 0.29) is 0 Å². The molecule has 2 heterocycles. The van der Waals surface area contributed by atoms with Crippen LogP contribution < -0.4 is 0 Å². The zero-order chi connectivity index (χ0) is 32.2. The molecule has 2 aliphatic heterocycles. The van der Waals surface area contributed by atoms with Gasteiger partial charge in [0.2, 0.25) is 0 Å². The first-order valence-corrected chi connectivity index (χ1v) is 17.6. The van der Waals surface area contributed by atoms with Crippen LogP contribution >= 0.6 is 0 Å². The predicted molar refractivity (Wildman–Crippen MR) is 187 cm³/mol. The van der Waals surface area contributed by atoms with Crippen LogP contribution in [0.15, 0.2) is 0 Å². The zero-order valence-electron chi connectivity index (χ0n) is 32.0. The molecule has 41 heavy (non-hydrogen) atoms. The third-order valence-electron chi connectivity index (χ3n) is 11.1. The minimum absolute atomic E-state index is 0.351. The molecule has 0 aromatic rings. The van der Waals surface area contributed by atoms with Gasteiger partial charge in [-0.05, 0) is 138 Å². The Hall–Kier alpha value is -0.0800. The van der Waals surface area contributed by atoms with E-state index in [9.17, 15) is 0 Å². The molecule has 0 N–H and O–H groups in total. The van der Waals surface area contributed by atoms with Crippen molar-refractivity contribution in [2.45, 2.75) is 181 Å². The van der Waals surface area contributed by atoms with Crippen LogP contribution in [0, 0.1) is 45.3 Å². The van der Waals surface area contributed by atoms with Gasteiger partial charge in [-0.3, -0.25) is 9.80 Å². The maximum absolute atomic E-state index is 2.65. The molecule has 0 spiro atoms. The third-order valence-corrected chi connectivity index (χ3v) is 11.1. The molecule has 0 bridgehead atoms. The minimum atomic E-state index is 0.351. The Morgan fingerprint density at radius 2 is 0.683 bits per heavy atom. The summed E-state index contributed by atoms with van der Waals surface area (Å²) in [6, 6.07) is 0. The van der Waals surface area contributed by atoms with Crippen LogP contribution in [0.5, 0.6) is 0 Å². The summed E-state index contributed by atoms with van der Waals surface area (Å²) in [5, 5.41) is 0. The second-order valence-corrected chi connectivity index (χ2v) is 20.6. The summed E-state index contributed by atoms with van der Waals surface area (Å²) in [5.74, 6) is 3.64. The molecule has 1 saturated carbocycles. The maximum Gasteiger partial charge on any atom is 0.0125 e. The number of likely N-dealkylation sites (tertiary alicyclic amines) is 2. The Balaban J connectivity index is 0.000000308. The molecule has 0 aromatic heterocycles. The summed E-state index contributed by atoms with van der Waals surface area (Å²) < 4.78 is 0. The van der Waals surface area contributed by atoms with Gasteiger partial charge in [-0.25, -0.2) is 0 Å². The Bertz CT molecular complexity index is 633. The normalized spacial score (nSPS) is 28.0. The lowest BCUT2D eigenvalue weighted by Crippen LogP contribution is -2.49. The fourth-order valence-corrected chi connectivity index (χ4v) is 7.13. The zero-order valence-corrected chi connectivity index (χ0v) is 32.0. The van der Waals surface area contributed by atoms with Crippen LogP contribution in [0.2, 0.25) is 0 Å². The molecule has 3 aliphatic rings. The van der Waals surface area contributed by atoms with Gasteiger partial charge >= 0.3 is 0 Å². The van der Waals surface area contributed by atoms with E-state index in [1.165, 1.54) is 71.1 Å². The van der Waals surface area contributed by atoms with Gasteiger partial charge in [-0.2, -0.15) is 0 Å². The van der Waals surface area contributed by atoms with Crippen molar-refractivity contribution < 1.29 is 0 Å². The molecular formula is C39H80N2. The van der Waals surface area contributed by atoms with E-state index in [0.717, 1.165) is 23.7 Å². The predicted octanol–water partition coefficient (Wildman–Crippen LogP) is 11.6. The molecule has 2 saturated heterocycles. The SMILES string of the molecule is CC(C)(C)C1CCCC(C(C)(C)C)C1.CC(C)(C)C1CCCN(C(C)(C)C)C1.CC(C)(C)C1CCN(C(C)(C)C)C1. The van der Waals surface area contributed by atoms with E-state index in [1.807, 2.05) is 0 Å². The highest BCUT2D eigenvalue weighted by Crippen LogP contribution is 2.46. The molecule has 1 aliphatic carbocycles. The van der Waals surface area contributed by atoms with Crippen molar-refractivity contribution in [1.29, 1.82) is 0 Å². The summed E-state index contributed by atoms with van der Waals surface area (Å²) in [6.45, 7) is 47.8. The highest BCUT2D eigenvalue weighted by Gasteiger charge is 2.37. The van der Waals surface area contributed by atoms with Crippen LogP contribution in [-0.4, -0.2) is 47.1 Å². The first-order chi connectivity index (χ1) is 18.1. The van der Waals surface area contributed by atoms with Gasteiger partial charge in [-0.15, -0.1) is 0 Å². The van der Waals surface area contributed by atoms with E-state index in [1.54, 1.807) is 0 Å². The molecule has 4 unspecified atom stereocenters. The van der Waals surface area contributed by atoms with Gasteiger partial charge in [0, 0.05) is 24.2 Å². The third kappa shape index (κ3) is 13.6. The van der Waals surface area contributed by atoms with E-state index in [4.69, 9.17) is 0 Å². The summed E-state index contributed by atoms with van der Waals surface area (Å²) in [7, 11) is 0. The van der Waals surface area contributed by atoms with E-state index < -0.39 is 0 Å². The molecular weight excluding hydrogens is 496 g/mol. The molecule has 2 heteroatoms. The first-order valence-electron chi connectivity index (χ1n) is 17.6. The summed E-state index contributed by atoms with van der Waals surface area (Å²) in [4.78, 5) is 5.26. The van der Waals surface area contributed by atoms with Gasteiger partial charge in [0.25, 0.3) is 0 Å². The second-order valence-electron chi connectivity index (χ2n) is 20.6. The average Bonchev–Trinajstić information content (AvgIpc) is 3.30. The van der Waals surface area contributed by atoms with Gasteiger partial charge in [0.05, 0.1) is 0 Å². The molecule has 4 atom stereocenters. The molecule has 246 valence electrons. The van der Waals surface area contributed by atoms with Gasteiger partial charge in [-0.1, -0.05) is 89.5 Å². The van der Waals surface area contributed by atoms with Crippen LogP contribution in [0.3, 0.4) is 0 Å². The number of hydrogen-bond donors (Lipinski definition) is 0. The van der Waals surface area contributed by atoms with Crippen molar-refractivity contribution in [1.82, 2.24) is 9.80 Å². The highest BCUT2D eigenvalue weighted by molar-refractivity contribution is 4.90. The van der Waals surface area contributed by atoms with Crippen molar-refractivity contribution in [2.75, 3.05) is 26.2 Å². The molecule has 3 fully saturated rings. The van der Waals surface area contributed by atoms with Gasteiger partial charge < -0.3 is 0 Å². The van der Waals surface area contributed by atoms with Crippen LogP contribution in [0.4, 0.5) is 0 Å². The summed E-state index contributed by atoms with van der Waals surface area (Å²) >= 11 is 0. The smallest absolute Gasteiger partial charge is 0.0125 e. The number of piperidine rings is 1. The Morgan fingerprint density at radius 1 is 0.366 bits per heavy atom. The Labute approximate surface area is 261 Å². The highest BCUT2D eigenvalue weighted by atomic mass is 15.2. The van der Waals surface area contributed by atoms with Crippen molar-refractivity contribution in [3.05, 3.63) is 0 Å². The molecule has 3 rings (SSSR count).